The molecule has 0 bridgehead atoms. The molecule has 1 N–H and O–H groups in total. The molecule has 0 spiro atoms. The van der Waals surface area contributed by atoms with E-state index in [1.165, 1.54) is 58.3 Å². The summed E-state index contributed by atoms with van der Waals surface area (Å²) in [6, 6.07) is 0.788. The van der Waals surface area contributed by atoms with Gasteiger partial charge < -0.3 is 10.2 Å². The van der Waals surface area contributed by atoms with Crippen LogP contribution in [0.3, 0.4) is 0 Å². The second-order valence-electron chi connectivity index (χ2n) is 5.76. The highest BCUT2D eigenvalue weighted by atomic mass is 15.2. The lowest BCUT2D eigenvalue weighted by Crippen LogP contribution is -2.44. The molecule has 88 valence electrons. The summed E-state index contributed by atoms with van der Waals surface area (Å²) in [4.78, 5) is 2.67. The fourth-order valence-corrected chi connectivity index (χ4v) is 2.85. The van der Waals surface area contributed by atoms with Crippen LogP contribution in [-0.4, -0.2) is 37.1 Å². The highest BCUT2D eigenvalue weighted by Crippen LogP contribution is 2.33. The second kappa shape index (κ2) is 4.84. The summed E-state index contributed by atoms with van der Waals surface area (Å²) in [7, 11) is 0. The number of piperidine rings is 1. The minimum atomic E-state index is 0.638. The minimum Gasteiger partial charge on any atom is -0.313 e. The van der Waals surface area contributed by atoms with Crippen LogP contribution in [0.5, 0.6) is 0 Å². The lowest BCUT2D eigenvalue weighted by atomic mass is 9.78. The number of nitrogens with zero attached hydrogens (tertiary/aromatic N) is 1. The van der Waals surface area contributed by atoms with Crippen LogP contribution in [0.2, 0.25) is 0 Å². The Morgan fingerprint density at radius 2 is 2.07 bits per heavy atom. The van der Waals surface area contributed by atoms with Gasteiger partial charge >= 0.3 is 0 Å². The molecule has 0 aliphatic carbocycles. The van der Waals surface area contributed by atoms with Crippen molar-refractivity contribution in [2.24, 2.45) is 5.41 Å². The predicted molar refractivity (Wildman–Crippen MR) is 65.1 cm³/mol. The highest BCUT2D eigenvalue weighted by molar-refractivity contribution is 4.84. The van der Waals surface area contributed by atoms with E-state index in [0.717, 1.165) is 6.04 Å². The first-order valence-corrected chi connectivity index (χ1v) is 6.68. The molecular formula is C13H26N2. The molecule has 2 rings (SSSR count). The maximum Gasteiger partial charge on any atom is 0.0195 e. The molecule has 2 saturated heterocycles. The van der Waals surface area contributed by atoms with Crippen molar-refractivity contribution in [3.05, 3.63) is 0 Å². The molecule has 0 radical (unpaired) electrons. The Hall–Kier alpha value is -0.0800. The quantitative estimate of drug-likeness (QED) is 0.768. The molecule has 0 saturated carbocycles. The van der Waals surface area contributed by atoms with Gasteiger partial charge in [-0.25, -0.2) is 0 Å². The topological polar surface area (TPSA) is 15.3 Å². The Morgan fingerprint density at radius 3 is 2.60 bits per heavy atom. The van der Waals surface area contributed by atoms with E-state index in [0.29, 0.717) is 5.41 Å². The fourth-order valence-electron chi connectivity index (χ4n) is 2.85. The van der Waals surface area contributed by atoms with Crippen LogP contribution in [0.1, 0.15) is 46.0 Å². The zero-order valence-electron chi connectivity index (χ0n) is 10.4. The zero-order valence-corrected chi connectivity index (χ0v) is 10.4. The van der Waals surface area contributed by atoms with Crippen LogP contribution < -0.4 is 5.32 Å². The number of hydrogen-bond donors (Lipinski definition) is 1. The van der Waals surface area contributed by atoms with Gasteiger partial charge in [-0.15, -0.1) is 0 Å². The van der Waals surface area contributed by atoms with Gasteiger partial charge in [0, 0.05) is 12.6 Å². The van der Waals surface area contributed by atoms with Crippen molar-refractivity contribution < 1.29 is 0 Å². The van der Waals surface area contributed by atoms with Crippen LogP contribution in [-0.2, 0) is 0 Å². The Balaban J connectivity index is 1.73. The number of likely N-dealkylation sites (tertiary alicyclic amines) is 1. The van der Waals surface area contributed by atoms with Crippen LogP contribution in [0, 0.1) is 5.41 Å². The van der Waals surface area contributed by atoms with Crippen molar-refractivity contribution in [3.8, 4) is 0 Å². The molecule has 0 aromatic carbocycles. The average Bonchev–Trinajstić information content (AvgIpc) is 2.75. The molecule has 0 aromatic heterocycles. The summed E-state index contributed by atoms with van der Waals surface area (Å²) in [5.74, 6) is 0. The highest BCUT2D eigenvalue weighted by Gasteiger charge is 2.29. The lowest BCUT2D eigenvalue weighted by Gasteiger charge is -2.39. The molecule has 2 heteroatoms. The van der Waals surface area contributed by atoms with E-state index >= 15 is 0 Å². The third-order valence-corrected chi connectivity index (χ3v) is 4.56. The van der Waals surface area contributed by atoms with E-state index in [4.69, 9.17) is 0 Å². The SMILES string of the molecule is CCC1(C)CCN(C[C@H]2CCCN2)CC1. The molecule has 0 amide bonds. The van der Waals surface area contributed by atoms with E-state index in [2.05, 4.69) is 24.1 Å². The molecule has 2 aliphatic heterocycles. The summed E-state index contributed by atoms with van der Waals surface area (Å²) >= 11 is 0. The molecule has 0 unspecified atom stereocenters. The van der Waals surface area contributed by atoms with Gasteiger partial charge in [-0.3, -0.25) is 0 Å². The van der Waals surface area contributed by atoms with Gasteiger partial charge in [0.1, 0.15) is 0 Å². The summed E-state index contributed by atoms with van der Waals surface area (Å²) in [5.41, 5.74) is 0.638. The monoisotopic (exact) mass is 210 g/mol. The van der Waals surface area contributed by atoms with Crippen LogP contribution in [0.15, 0.2) is 0 Å². The largest absolute Gasteiger partial charge is 0.313 e. The maximum absolute atomic E-state index is 3.60. The molecule has 1 atom stereocenters. The van der Waals surface area contributed by atoms with E-state index in [1.54, 1.807) is 0 Å². The standard InChI is InChI=1S/C13H26N2/c1-3-13(2)6-9-15(10-7-13)11-12-5-4-8-14-12/h12,14H,3-11H2,1-2H3/t12-/m1/s1. The van der Waals surface area contributed by atoms with Crippen molar-refractivity contribution in [1.29, 1.82) is 0 Å². The Labute approximate surface area is 94.4 Å². The average molecular weight is 210 g/mol. The van der Waals surface area contributed by atoms with E-state index in [9.17, 15) is 0 Å². The summed E-state index contributed by atoms with van der Waals surface area (Å²) < 4.78 is 0. The van der Waals surface area contributed by atoms with Gasteiger partial charge in [-0.2, -0.15) is 0 Å². The number of rotatable bonds is 3. The first-order valence-electron chi connectivity index (χ1n) is 6.68. The summed E-state index contributed by atoms with van der Waals surface area (Å²) in [6.07, 6.45) is 6.92. The van der Waals surface area contributed by atoms with Crippen LogP contribution in [0.4, 0.5) is 0 Å². The number of hydrogen-bond acceptors (Lipinski definition) is 2. The van der Waals surface area contributed by atoms with Gasteiger partial charge in [0.2, 0.25) is 0 Å². The molecular weight excluding hydrogens is 184 g/mol. The van der Waals surface area contributed by atoms with Gasteiger partial charge in [-0.05, 0) is 50.7 Å². The second-order valence-corrected chi connectivity index (χ2v) is 5.76. The lowest BCUT2D eigenvalue weighted by molar-refractivity contribution is 0.108. The normalized spacial score (nSPS) is 32.0. The Kier molecular flexibility index (Phi) is 3.68. The molecule has 0 aromatic rings. The van der Waals surface area contributed by atoms with Gasteiger partial charge in [0.25, 0.3) is 0 Å². The van der Waals surface area contributed by atoms with E-state index in [1.807, 2.05) is 0 Å². The third kappa shape index (κ3) is 2.94. The van der Waals surface area contributed by atoms with E-state index < -0.39 is 0 Å². The minimum absolute atomic E-state index is 0.638. The zero-order chi connectivity index (χ0) is 10.7. The molecule has 2 aliphatic rings. The van der Waals surface area contributed by atoms with Crippen LogP contribution >= 0.6 is 0 Å². The predicted octanol–water partition coefficient (Wildman–Crippen LogP) is 2.25. The first kappa shape index (κ1) is 11.4. The van der Waals surface area contributed by atoms with Crippen molar-refractivity contribution in [1.82, 2.24) is 10.2 Å². The Morgan fingerprint density at radius 1 is 1.33 bits per heavy atom. The molecule has 2 heterocycles. The van der Waals surface area contributed by atoms with Crippen LogP contribution in [0.25, 0.3) is 0 Å². The van der Waals surface area contributed by atoms with Gasteiger partial charge in [-0.1, -0.05) is 20.3 Å². The molecule has 2 fully saturated rings. The van der Waals surface area contributed by atoms with E-state index in [-0.39, 0.29) is 0 Å². The van der Waals surface area contributed by atoms with Crippen molar-refractivity contribution in [3.63, 3.8) is 0 Å². The summed E-state index contributed by atoms with van der Waals surface area (Å²) in [5, 5.41) is 3.60. The van der Waals surface area contributed by atoms with Crippen molar-refractivity contribution in [2.45, 2.75) is 52.0 Å². The van der Waals surface area contributed by atoms with Crippen molar-refractivity contribution in [2.75, 3.05) is 26.2 Å². The Bertz CT molecular complexity index is 189. The third-order valence-electron chi connectivity index (χ3n) is 4.56. The van der Waals surface area contributed by atoms with Crippen molar-refractivity contribution >= 4 is 0 Å². The smallest absolute Gasteiger partial charge is 0.0195 e. The van der Waals surface area contributed by atoms with Gasteiger partial charge in [0.15, 0.2) is 0 Å². The fraction of sp³-hybridized carbons (Fsp3) is 1.00. The maximum atomic E-state index is 3.60. The van der Waals surface area contributed by atoms with Gasteiger partial charge in [0.05, 0.1) is 0 Å². The molecule has 15 heavy (non-hydrogen) atoms. The molecule has 2 nitrogen and oxygen atoms in total. The first-order chi connectivity index (χ1) is 7.22. The number of nitrogens with one attached hydrogen (secondary N) is 1. The summed E-state index contributed by atoms with van der Waals surface area (Å²) in [6.45, 7) is 9.97.